The zero-order valence-electron chi connectivity index (χ0n) is 19.0. The summed E-state index contributed by atoms with van der Waals surface area (Å²) >= 11 is 0. The Kier molecular flexibility index (Phi) is 9.57. The number of piperazine rings is 1. The van der Waals surface area contributed by atoms with Crippen LogP contribution in [0.15, 0.2) is 53.8 Å². The van der Waals surface area contributed by atoms with E-state index in [0.717, 1.165) is 77.0 Å². The molecule has 3 rings (SSSR count). The number of aromatic nitrogens is 2. The van der Waals surface area contributed by atoms with E-state index in [-0.39, 0.29) is 0 Å². The predicted molar refractivity (Wildman–Crippen MR) is 129 cm³/mol. The van der Waals surface area contributed by atoms with Crippen LogP contribution in [0.3, 0.4) is 0 Å². The second kappa shape index (κ2) is 12.9. The van der Waals surface area contributed by atoms with Crippen LogP contribution in [0.4, 0.5) is 5.95 Å². The molecule has 7 nitrogen and oxygen atoms in total. The second-order valence-corrected chi connectivity index (χ2v) is 8.06. The van der Waals surface area contributed by atoms with Gasteiger partial charge in [0.05, 0.1) is 0 Å². The Labute approximate surface area is 187 Å². The number of nitrogens with one attached hydrogen (secondary N) is 2. The zero-order chi connectivity index (χ0) is 21.7. The van der Waals surface area contributed by atoms with Crippen LogP contribution in [0, 0.1) is 0 Å². The third-order valence-corrected chi connectivity index (χ3v) is 5.55. The molecule has 0 spiro atoms. The van der Waals surface area contributed by atoms with Gasteiger partial charge in [0, 0.05) is 64.2 Å². The number of anilines is 1. The van der Waals surface area contributed by atoms with Crippen LogP contribution in [0.5, 0.6) is 0 Å². The van der Waals surface area contributed by atoms with E-state index in [4.69, 9.17) is 4.99 Å². The number of guanidine groups is 1. The van der Waals surface area contributed by atoms with E-state index >= 15 is 0 Å². The Morgan fingerprint density at radius 1 is 1.06 bits per heavy atom. The number of aliphatic imine (C=N–C) groups is 1. The Morgan fingerprint density at radius 2 is 1.81 bits per heavy atom. The average Bonchev–Trinajstić information content (AvgIpc) is 2.82. The SMILES string of the molecule is CCNC(=NCCCN1CCN(c2ncccn2)CC1)NC(C)CCc1ccccc1. The molecule has 1 fully saturated rings. The van der Waals surface area contributed by atoms with Crippen molar-refractivity contribution in [2.75, 3.05) is 50.7 Å². The minimum atomic E-state index is 0.381. The lowest BCUT2D eigenvalue weighted by atomic mass is 10.1. The van der Waals surface area contributed by atoms with E-state index in [9.17, 15) is 0 Å². The summed E-state index contributed by atoms with van der Waals surface area (Å²) in [5.74, 6) is 1.77. The molecule has 2 N–H and O–H groups in total. The largest absolute Gasteiger partial charge is 0.357 e. The Morgan fingerprint density at radius 3 is 2.52 bits per heavy atom. The molecule has 2 heterocycles. The van der Waals surface area contributed by atoms with Crippen LogP contribution < -0.4 is 15.5 Å². The molecule has 0 aliphatic carbocycles. The summed E-state index contributed by atoms with van der Waals surface area (Å²) < 4.78 is 0. The van der Waals surface area contributed by atoms with Crippen molar-refractivity contribution in [1.82, 2.24) is 25.5 Å². The summed E-state index contributed by atoms with van der Waals surface area (Å²) in [6.07, 6.45) is 6.85. The van der Waals surface area contributed by atoms with E-state index in [0.29, 0.717) is 6.04 Å². The molecule has 168 valence electrons. The minimum Gasteiger partial charge on any atom is -0.357 e. The summed E-state index contributed by atoms with van der Waals surface area (Å²) in [5, 5.41) is 6.93. The monoisotopic (exact) mass is 423 g/mol. The summed E-state index contributed by atoms with van der Waals surface area (Å²) in [7, 11) is 0. The quantitative estimate of drug-likeness (QED) is 0.348. The summed E-state index contributed by atoms with van der Waals surface area (Å²) in [6.45, 7) is 11.2. The summed E-state index contributed by atoms with van der Waals surface area (Å²) in [6, 6.07) is 12.9. The van der Waals surface area contributed by atoms with Crippen molar-refractivity contribution in [2.24, 2.45) is 4.99 Å². The fraction of sp³-hybridized carbons (Fsp3) is 0.542. The van der Waals surface area contributed by atoms with Gasteiger partial charge in [0.25, 0.3) is 0 Å². The van der Waals surface area contributed by atoms with Gasteiger partial charge in [-0.1, -0.05) is 30.3 Å². The van der Waals surface area contributed by atoms with Gasteiger partial charge in [0.15, 0.2) is 5.96 Å². The first-order valence-electron chi connectivity index (χ1n) is 11.6. The molecule has 0 amide bonds. The number of benzene rings is 1. The van der Waals surface area contributed by atoms with Crippen LogP contribution >= 0.6 is 0 Å². The molecule has 1 unspecified atom stereocenters. The molecule has 1 aromatic heterocycles. The maximum Gasteiger partial charge on any atom is 0.225 e. The van der Waals surface area contributed by atoms with Gasteiger partial charge in [-0.3, -0.25) is 9.89 Å². The lowest BCUT2D eigenvalue weighted by Crippen LogP contribution is -2.47. The first kappa shape index (κ1) is 23.0. The van der Waals surface area contributed by atoms with Crippen molar-refractivity contribution in [1.29, 1.82) is 0 Å². The molecule has 1 aromatic carbocycles. The molecule has 1 aliphatic heterocycles. The third kappa shape index (κ3) is 8.17. The molecule has 1 atom stereocenters. The maximum absolute atomic E-state index is 4.79. The van der Waals surface area contributed by atoms with Gasteiger partial charge >= 0.3 is 0 Å². The van der Waals surface area contributed by atoms with Crippen molar-refractivity contribution in [2.45, 2.75) is 39.2 Å². The van der Waals surface area contributed by atoms with Gasteiger partial charge < -0.3 is 15.5 Å². The lowest BCUT2D eigenvalue weighted by Gasteiger charge is -2.34. The zero-order valence-corrected chi connectivity index (χ0v) is 19.0. The highest BCUT2D eigenvalue weighted by atomic mass is 15.3. The standard InChI is InChI=1S/C24H37N7/c1-3-25-23(29-21(2)11-12-22-9-5-4-6-10-22)26-15-8-16-30-17-19-31(20-18-30)24-27-13-7-14-28-24/h4-7,9-10,13-14,21H,3,8,11-12,15-20H2,1-2H3,(H2,25,26,29). The minimum absolute atomic E-state index is 0.381. The smallest absolute Gasteiger partial charge is 0.225 e. The molecule has 1 saturated heterocycles. The lowest BCUT2D eigenvalue weighted by molar-refractivity contribution is 0.255. The number of rotatable bonds is 10. The normalized spacial score (nSPS) is 16.2. The van der Waals surface area contributed by atoms with Crippen LogP contribution in [0.1, 0.15) is 32.3 Å². The Balaban J connectivity index is 1.34. The molecule has 2 aromatic rings. The summed E-state index contributed by atoms with van der Waals surface area (Å²) in [4.78, 5) is 18.3. The van der Waals surface area contributed by atoms with Crippen LogP contribution in [-0.2, 0) is 6.42 Å². The van der Waals surface area contributed by atoms with Crippen LogP contribution in [-0.4, -0.2) is 72.7 Å². The fourth-order valence-corrected chi connectivity index (χ4v) is 3.76. The van der Waals surface area contributed by atoms with Crippen molar-refractivity contribution in [3.05, 3.63) is 54.4 Å². The molecule has 31 heavy (non-hydrogen) atoms. The average molecular weight is 424 g/mol. The molecule has 0 bridgehead atoms. The first-order chi connectivity index (χ1) is 15.2. The number of aryl methyl sites for hydroxylation is 1. The van der Waals surface area contributed by atoms with E-state index in [2.05, 4.69) is 74.6 Å². The topological polar surface area (TPSA) is 68.7 Å². The highest BCUT2D eigenvalue weighted by Gasteiger charge is 2.18. The van der Waals surface area contributed by atoms with Gasteiger partial charge in [-0.2, -0.15) is 0 Å². The third-order valence-electron chi connectivity index (χ3n) is 5.55. The number of hydrogen-bond acceptors (Lipinski definition) is 5. The molecular weight excluding hydrogens is 386 g/mol. The molecular formula is C24H37N7. The van der Waals surface area contributed by atoms with E-state index in [1.165, 1.54) is 5.56 Å². The van der Waals surface area contributed by atoms with E-state index in [1.54, 1.807) is 0 Å². The van der Waals surface area contributed by atoms with E-state index < -0.39 is 0 Å². The predicted octanol–water partition coefficient (Wildman–Crippen LogP) is 2.57. The van der Waals surface area contributed by atoms with Crippen molar-refractivity contribution < 1.29 is 0 Å². The van der Waals surface area contributed by atoms with Crippen molar-refractivity contribution in [3.8, 4) is 0 Å². The fourth-order valence-electron chi connectivity index (χ4n) is 3.76. The Bertz CT molecular complexity index is 758. The van der Waals surface area contributed by atoms with Gasteiger partial charge in [0.2, 0.25) is 5.95 Å². The first-order valence-corrected chi connectivity index (χ1v) is 11.6. The highest BCUT2D eigenvalue weighted by molar-refractivity contribution is 5.80. The van der Waals surface area contributed by atoms with Crippen LogP contribution in [0.2, 0.25) is 0 Å². The van der Waals surface area contributed by atoms with Crippen molar-refractivity contribution >= 4 is 11.9 Å². The van der Waals surface area contributed by atoms with E-state index in [1.807, 2.05) is 18.5 Å². The number of hydrogen-bond donors (Lipinski definition) is 2. The number of nitrogens with zero attached hydrogens (tertiary/aromatic N) is 5. The summed E-state index contributed by atoms with van der Waals surface area (Å²) in [5.41, 5.74) is 1.39. The molecule has 0 radical (unpaired) electrons. The highest BCUT2D eigenvalue weighted by Crippen LogP contribution is 2.10. The van der Waals surface area contributed by atoms with Gasteiger partial charge in [-0.15, -0.1) is 0 Å². The van der Waals surface area contributed by atoms with Gasteiger partial charge in [-0.05, 0) is 44.7 Å². The second-order valence-electron chi connectivity index (χ2n) is 8.06. The maximum atomic E-state index is 4.79. The molecule has 7 heteroatoms. The van der Waals surface area contributed by atoms with Crippen LogP contribution in [0.25, 0.3) is 0 Å². The molecule has 0 saturated carbocycles. The Hall–Kier alpha value is -2.67. The van der Waals surface area contributed by atoms with Gasteiger partial charge in [-0.25, -0.2) is 9.97 Å². The van der Waals surface area contributed by atoms with Gasteiger partial charge in [0.1, 0.15) is 0 Å². The molecule has 1 aliphatic rings. The van der Waals surface area contributed by atoms with Crippen molar-refractivity contribution in [3.63, 3.8) is 0 Å².